The molecular formula is C47H28N4O. The average Bonchev–Trinajstić information content (AvgIpc) is 3.77. The van der Waals surface area contributed by atoms with Crippen LogP contribution < -0.4 is 0 Å². The van der Waals surface area contributed by atoms with E-state index < -0.39 is 0 Å². The Balaban J connectivity index is 1.29. The number of benzene rings is 7. The largest absolute Gasteiger partial charge is 0.454 e. The zero-order valence-corrected chi connectivity index (χ0v) is 27.9. The summed E-state index contributed by atoms with van der Waals surface area (Å²) >= 11 is 0. The summed E-state index contributed by atoms with van der Waals surface area (Å²) in [6.45, 7) is 0. The highest BCUT2D eigenvalue weighted by atomic mass is 16.3. The molecule has 0 bridgehead atoms. The maximum absolute atomic E-state index is 9.56. The zero-order valence-electron chi connectivity index (χ0n) is 27.9. The number of fused-ring (bicyclic) bond motifs is 7. The Labute approximate surface area is 299 Å². The van der Waals surface area contributed by atoms with Crippen LogP contribution in [-0.4, -0.2) is 14.5 Å². The summed E-state index contributed by atoms with van der Waals surface area (Å²) in [5.74, 6) is 0.656. The lowest BCUT2D eigenvalue weighted by Crippen LogP contribution is -1.99. The van der Waals surface area contributed by atoms with Crippen molar-refractivity contribution >= 4 is 43.7 Å². The number of hydrogen-bond acceptors (Lipinski definition) is 4. The van der Waals surface area contributed by atoms with Crippen LogP contribution in [0.5, 0.6) is 0 Å². The van der Waals surface area contributed by atoms with Gasteiger partial charge in [0.1, 0.15) is 5.58 Å². The molecule has 10 rings (SSSR count). The Hall–Kier alpha value is -7.29. The lowest BCUT2D eigenvalue weighted by atomic mass is 9.98. The maximum Gasteiger partial charge on any atom is 0.160 e. The first-order valence-corrected chi connectivity index (χ1v) is 17.2. The van der Waals surface area contributed by atoms with Gasteiger partial charge in [0.25, 0.3) is 0 Å². The Morgan fingerprint density at radius 3 is 1.88 bits per heavy atom. The van der Waals surface area contributed by atoms with Gasteiger partial charge in [0.05, 0.1) is 34.1 Å². The van der Waals surface area contributed by atoms with Gasteiger partial charge in [-0.25, -0.2) is 9.97 Å². The van der Waals surface area contributed by atoms with Gasteiger partial charge in [0, 0.05) is 43.9 Å². The average molecular weight is 665 g/mol. The lowest BCUT2D eigenvalue weighted by molar-refractivity contribution is 0.671. The van der Waals surface area contributed by atoms with Gasteiger partial charge in [-0.2, -0.15) is 5.26 Å². The van der Waals surface area contributed by atoms with Crippen molar-refractivity contribution in [2.75, 3.05) is 0 Å². The Kier molecular flexibility index (Phi) is 6.80. The van der Waals surface area contributed by atoms with Crippen molar-refractivity contribution in [3.8, 4) is 56.8 Å². The molecule has 0 saturated heterocycles. The Morgan fingerprint density at radius 1 is 0.481 bits per heavy atom. The smallest absolute Gasteiger partial charge is 0.160 e. The number of para-hydroxylation sites is 2. The highest BCUT2D eigenvalue weighted by molar-refractivity contribution is 6.21. The van der Waals surface area contributed by atoms with E-state index >= 15 is 0 Å². The van der Waals surface area contributed by atoms with Crippen molar-refractivity contribution in [1.82, 2.24) is 14.5 Å². The quantitative estimate of drug-likeness (QED) is 0.184. The van der Waals surface area contributed by atoms with E-state index in [1.807, 2.05) is 84.9 Å². The first kappa shape index (κ1) is 29.6. The molecule has 52 heavy (non-hydrogen) atoms. The van der Waals surface area contributed by atoms with Gasteiger partial charge in [-0.05, 0) is 65.7 Å². The molecule has 0 aliphatic heterocycles. The Bertz CT molecular complexity index is 2950. The van der Waals surface area contributed by atoms with E-state index in [0.29, 0.717) is 11.4 Å². The second kappa shape index (κ2) is 11.9. The predicted molar refractivity (Wildman–Crippen MR) is 210 cm³/mol. The Morgan fingerprint density at radius 2 is 1.12 bits per heavy atom. The molecule has 5 heteroatoms. The van der Waals surface area contributed by atoms with E-state index in [1.54, 1.807) is 0 Å². The maximum atomic E-state index is 9.56. The standard InChI is InChI=1S/C47H28N4O/c48-29-30-19-21-31(22-20-30)34-25-35(42-28-41(32-11-3-1-4-12-32)49-47(50-42)33-13-5-2-6-14-33)27-36(26-34)51-43-17-9-7-15-37(43)39-23-24-40-38-16-8-10-18-44(38)52-46(40)45(39)51/h1-28H. The highest BCUT2D eigenvalue weighted by Gasteiger charge is 2.20. The number of rotatable bonds is 5. The third-order valence-corrected chi connectivity index (χ3v) is 9.83. The molecule has 0 fully saturated rings. The molecule has 0 spiro atoms. The third-order valence-electron chi connectivity index (χ3n) is 9.83. The van der Waals surface area contributed by atoms with Crippen LogP contribution in [-0.2, 0) is 0 Å². The topological polar surface area (TPSA) is 67.6 Å². The van der Waals surface area contributed by atoms with E-state index in [-0.39, 0.29) is 0 Å². The van der Waals surface area contributed by atoms with Crippen molar-refractivity contribution in [1.29, 1.82) is 5.26 Å². The molecule has 0 saturated carbocycles. The summed E-state index contributed by atoms with van der Waals surface area (Å²) in [7, 11) is 0. The van der Waals surface area contributed by atoms with E-state index in [1.165, 1.54) is 0 Å². The fourth-order valence-corrected chi connectivity index (χ4v) is 7.36. The summed E-state index contributed by atoms with van der Waals surface area (Å²) in [4.78, 5) is 10.3. The molecule has 3 aromatic heterocycles. The van der Waals surface area contributed by atoms with Crippen LogP contribution in [0.1, 0.15) is 5.56 Å². The van der Waals surface area contributed by atoms with Crippen LogP contribution in [0.25, 0.3) is 94.5 Å². The van der Waals surface area contributed by atoms with Crippen molar-refractivity contribution in [3.63, 3.8) is 0 Å². The summed E-state index contributed by atoms with van der Waals surface area (Å²) in [5, 5.41) is 14.0. The fraction of sp³-hybridized carbons (Fsp3) is 0. The summed E-state index contributed by atoms with van der Waals surface area (Å²) < 4.78 is 8.99. The molecule has 0 radical (unpaired) electrons. The van der Waals surface area contributed by atoms with Gasteiger partial charge in [0.2, 0.25) is 0 Å². The third kappa shape index (κ3) is 4.86. The molecule has 5 nitrogen and oxygen atoms in total. The van der Waals surface area contributed by atoms with Gasteiger partial charge in [-0.15, -0.1) is 0 Å². The van der Waals surface area contributed by atoms with E-state index in [4.69, 9.17) is 14.4 Å². The molecule has 10 aromatic rings. The number of hydrogen-bond donors (Lipinski definition) is 0. The van der Waals surface area contributed by atoms with Crippen LogP contribution in [0.15, 0.2) is 174 Å². The molecule has 0 amide bonds. The molecule has 0 N–H and O–H groups in total. The lowest BCUT2D eigenvalue weighted by Gasteiger charge is -2.15. The number of nitrogens with zero attached hydrogens (tertiary/aromatic N) is 4. The minimum Gasteiger partial charge on any atom is -0.454 e. The van der Waals surface area contributed by atoms with Crippen LogP contribution in [0, 0.1) is 11.3 Å². The van der Waals surface area contributed by atoms with Crippen molar-refractivity contribution in [3.05, 3.63) is 175 Å². The molecule has 0 unspecified atom stereocenters. The van der Waals surface area contributed by atoms with Gasteiger partial charge < -0.3 is 8.98 Å². The van der Waals surface area contributed by atoms with E-state index in [0.717, 1.165) is 88.6 Å². The minimum absolute atomic E-state index is 0.616. The molecule has 7 aromatic carbocycles. The predicted octanol–water partition coefficient (Wildman–Crippen LogP) is 12.0. The second-order valence-corrected chi connectivity index (χ2v) is 12.9. The normalized spacial score (nSPS) is 11.4. The monoisotopic (exact) mass is 664 g/mol. The van der Waals surface area contributed by atoms with Crippen LogP contribution in [0.2, 0.25) is 0 Å². The number of aromatic nitrogens is 3. The molecule has 0 aliphatic rings. The number of furan rings is 1. The highest BCUT2D eigenvalue weighted by Crippen LogP contribution is 2.42. The van der Waals surface area contributed by atoms with E-state index in [9.17, 15) is 5.26 Å². The SMILES string of the molecule is N#Cc1ccc(-c2cc(-c3cc(-c4ccccc4)nc(-c4ccccc4)n3)cc(-n3c4ccccc4c4ccc5c6ccccc6oc5c43)c2)cc1. The first-order valence-electron chi connectivity index (χ1n) is 17.2. The summed E-state index contributed by atoms with van der Waals surface area (Å²) in [6, 6.07) is 60.2. The van der Waals surface area contributed by atoms with Gasteiger partial charge in [-0.1, -0.05) is 115 Å². The van der Waals surface area contributed by atoms with Crippen molar-refractivity contribution in [2.45, 2.75) is 0 Å². The second-order valence-electron chi connectivity index (χ2n) is 12.9. The molecule has 3 heterocycles. The summed E-state index contributed by atoms with van der Waals surface area (Å²) in [5.41, 5.74) is 11.9. The fourth-order valence-electron chi connectivity index (χ4n) is 7.36. The molecule has 242 valence electrons. The summed E-state index contributed by atoms with van der Waals surface area (Å²) in [6.07, 6.45) is 0. The van der Waals surface area contributed by atoms with Crippen molar-refractivity contribution < 1.29 is 4.42 Å². The molecule has 0 atom stereocenters. The van der Waals surface area contributed by atoms with E-state index in [2.05, 4.69) is 95.6 Å². The van der Waals surface area contributed by atoms with Gasteiger partial charge in [0.15, 0.2) is 11.4 Å². The zero-order chi connectivity index (χ0) is 34.6. The van der Waals surface area contributed by atoms with Crippen LogP contribution in [0.4, 0.5) is 0 Å². The molecule has 0 aliphatic carbocycles. The van der Waals surface area contributed by atoms with Gasteiger partial charge >= 0.3 is 0 Å². The minimum atomic E-state index is 0.616. The van der Waals surface area contributed by atoms with Gasteiger partial charge in [-0.3, -0.25) is 0 Å². The first-order chi connectivity index (χ1) is 25.7. The van der Waals surface area contributed by atoms with Crippen molar-refractivity contribution in [2.24, 2.45) is 0 Å². The van der Waals surface area contributed by atoms with Crippen LogP contribution in [0.3, 0.4) is 0 Å². The van der Waals surface area contributed by atoms with Crippen LogP contribution >= 0.6 is 0 Å². The molecular weight excluding hydrogens is 637 g/mol. The number of nitriles is 1.